The van der Waals surface area contributed by atoms with Crippen LogP contribution in [-0.4, -0.2) is 34.3 Å². The van der Waals surface area contributed by atoms with E-state index >= 15 is 0 Å². The smallest absolute Gasteiger partial charge is 0.305 e. The Hall–Kier alpha value is -0.540. The van der Waals surface area contributed by atoms with E-state index < -0.39 is 5.97 Å². The van der Waals surface area contributed by atoms with Crippen molar-refractivity contribution < 1.29 is 19.4 Å². The Morgan fingerprint density at radius 1 is 0.759 bits per heavy atom. The first-order chi connectivity index (χ1) is 14.1. The van der Waals surface area contributed by atoms with Gasteiger partial charge in [-0.1, -0.05) is 83.2 Å². The lowest BCUT2D eigenvalue weighted by Gasteiger charge is -2.02. The average molecular weight is 540 g/mol. The first-order valence-corrected chi connectivity index (χ1v) is 13.3. The molecule has 0 fully saturated rings. The van der Waals surface area contributed by atoms with Gasteiger partial charge >= 0.3 is 11.9 Å². The molecule has 6 heteroatoms. The van der Waals surface area contributed by atoms with Gasteiger partial charge in [0.05, 0.1) is 0 Å². The fraction of sp³-hybridized carbons (Fsp3) is 0.826. The lowest BCUT2D eigenvalue weighted by Crippen LogP contribution is -2.05. The third kappa shape index (κ3) is 32.3. The molecule has 0 radical (unpaired) electrons. The van der Waals surface area contributed by atoms with Crippen molar-refractivity contribution in [1.82, 2.24) is 0 Å². The van der Waals surface area contributed by atoms with Crippen molar-refractivity contribution in [3.8, 4) is 11.8 Å². The number of carbonyl (C=O) groups is 2. The molecule has 170 valence electrons. The number of carboxylic acids is 1. The minimum atomic E-state index is -0.675. The van der Waals surface area contributed by atoms with E-state index in [1.54, 1.807) is 0 Å². The number of halogens is 2. The van der Waals surface area contributed by atoms with Gasteiger partial charge in [-0.05, 0) is 32.1 Å². The third-order valence-electron chi connectivity index (χ3n) is 4.03. The van der Waals surface area contributed by atoms with Gasteiger partial charge in [0.25, 0.3) is 0 Å². The molecule has 0 aliphatic heterocycles. The summed E-state index contributed by atoms with van der Waals surface area (Å²) in [5.41, 5.74) is 0. The predicted octanol–water partition coefficient (Wildman–Crippen LogP) is 7.27. The highest BCUT2D eigenvalue weighted by Crippen LogP contribution is 2.07. The monoisotopic (exact) mass is 538 g/mol. The normalized spacial score (nSPS) is 9.76. The van der Waals surface area contributed by atoms with E-state index in [9.17, 15) is 9.59 Å². The summed E-state index contributed by atoms with van der Waals surface area (Å²) in [5.74, 6) is 5.28. The minimum absolute atomic E-state index is 0.0761. The average Bonchev–Trinajstić information content (AvgIpc) is 2.70. The Bertz CT molecular complexity index is 430. The molecule has 29 heavy (non-hydrogen) atoms. The number of rotatable bonds is 17. The van der Waals surface area contributed by atoms with Gasteiger partial charge in [0.1, 0.15) is 6.61 Å². The zero-order valence-corrected chi connectivity index (χ0v) is 21.3. The van der Waals surface area contributed by atoms with E-state index in [1.165, 1.54) is 38.5 Å². The standard InChI is InChI=1S/C15H25BrO2.C8H15BrO2/c1-2-3-4-8-11-14-18-15(17)12-9-6-5-7-10-13-16;9-7-5-3-1-2-4-6-8(10)11/h2-3,5-7,9-14H2,1H3;1-7H2,(H,10,11). The molecule has 0 unspecified atom stereocenters. The first kappa shape index (κ1) is 30.7. The van der Waals surface area contributed by atoms with Gasteiger partial charge in [0, 0.05) is 36.3 Å². The number of ether oxygens (including phenoxy) is 1. The molecule has 0 aliphatic carbocycles. The lowest BCUT2D eigenvalue weighted by atomic mass is 10.1. The summed E-state index contributed by atoms with van der Waals surface area (Å²) in [5, 5.41) is 10.4. The molecule has 0 aliphatic rings. The maximum absolute atomic E-state index is 11.3. The number of alkyl halides is 2. The number of hydrogen-bond donors (Lipinski definition) is 1. The summed E-state index contributed by atoms with van der Waals surface area (Å²) in [7, 11) is 0. The Kier molecular flexibility index (Phi) is 29.0. The van der Waals surface area contributed by atoms with Crippen LogP contribution in [0.2, 0.25) is 0 Å². The van der Waals surface area contributed by atoms with E-state index in [0.29, 0.717) is 25.9 Å². The van der Waals surface area contributed by atoms with Crippen LogP contribution in [0.15, 0.2) is 0 Å². The van der Waals surface area contributed by atoms with Gasteiger partial charge in [0.15, 0.2) is 0 Å². The van der Waals surface area contributed by atoms with Gasteiger partial charge in [-0.3, -0.25) is 9.59 Å². The molecule has 0 amide bonds. The van der Waals surface area contributed by atoms with E-state index in [2.05, 4.69) is 50.6 Å². The molecule has 0 spiro atoms. The number of hydrogen-bond acceptors (Lipinski definition) is 3. The second kappa shape index (κ2) is 27.5. The van der Waals surface area contributed by atoms with Gasteiger partial charge in [-0.25, -0.2) is 0 Å². The molecule has 0 saturated carbocycles. The zero-order valence-electron chi connectivity index (χ0n) is 18.2. The molecular weight excluding hydrogens is 500 g/mol. The van der Waals surface area contributed by atoms with Crippen LogP contribution in [0, 0.1) is 11.8 Å². The Morgan fingerprint density at radius 2 is 1.24 bits per heavy atom. The van der Waals surface area contributed by atoms with E-state index in [-0.39, 0.29) is 5.97 Å². The molecule has 1 N–H and O–H groups in total. The first-order valence-electron chi connectivity index (χ1n) is 11.0. The van der Waals surface area contributed by atoms with Crippen molar-refractivity contribution in [1.29, 1.82) is 0 Å². The third-order valence-corrected chi connectivity index (χ3v) is 5.15. The summed E-state index contributed by atoms with van der Waals surface area (Å²) >= 11 is 6.76. The van der Waals surface area contributed by atoms with Gasteiger partial charge < -0.3 is 9.84 Å². The largest absolute Gasteiger partial charge is 0.481 e. The van der Waals surface area contributed by atoms with Crippen molar-refractivity contribution in [2.24, 2.45) is 0 Å². The second-order valence-corrected chi connectivity index (χ2v) is 8.47. The molecule has 0 heterocycles. The van der Waals surface area contributed by atoms with Crippen LogP contribution in [0.3, 0.4) is 0 Å². The molecule has 0 saturated heterocycles. The molecule has 0 aromatic heterocycles. The minimum Gasteiger partial charge on any atom is -0.481 e. The van der Waals surface area contributed by atoms with Gasteiger partial charge in [0.2, 0.25) is 0 Å². The molecule has 0 rings (SSSR count). The van der Waals surface area contributed by atoms with Gasteiger partial charge in [-0.2, -0.15) is 0 Å². The van der Waals surface area contributed by atoms with E-state index in [4.69, 9.17) is 9.84 Å². The molecular formula is C23H40Br2O4. The molecule has 0 aromatic carbocycles. The number of unbranched alkanes of at least 4 members (excludes halogenated alkanes) is 9. The Morgan fingerprint density at radius 3 is 1.76 bits per heavy atom. The number of carbonyl (C=O) groups excluding carboxylic acids is 1. The maximum Gasteiger partial charge on any atom is 0.305 e. The molecule has 4 nitrogen and oxygen atoms in total. The molecule has 0 aromatic rings. The fourth-order valence-corrected chi connectivity index (χ4v) is 3.18. The summed E-state index contributed by atoms with van der Waals surface area (Å²) < 4.78 is 5.10. The van der Waals surface area contributed by atoms with Crippen molar-refractivity contribution in [2.45, 2.75) is 103 Å². The Labute approximate surface area is 195 Å². The molecule has 0 atom stereocenters. The van der Waals surface area contributed by atoms with Crippen LogP contribution in [0.4, 0.5) is 0 Å². The summed E-state index contributed by atoms with van der Waals surface area (Å²) in [6, 6.07) is 0. The van der Waals surface area contributed by atoms with Crippen LogP contribution >= 0.6 is 31.9 Å². The fourth-order valence-electron chi connectivity index (χ4n) is 2.39. The number of carboxylic acid groups (broad SMARTS) is 1. The maximum atomic E-state index is 11.3. The van der Waals surface area contributed by atoms with Crippen molar-refractivity contribution >= 4 is 43.8 Å². The van der Waals surface area contributed by atoms with Crippen LogP contribution in [0.5, 0.6) is 0 Å². The molecule has 0 bridgehead atoms. The van der Waals surface area contributed by atoms with Crippen molar-refractivity contribution in [3.63, 3.8) is 0 Å². The zero-order chi connectivity index (χ0) is 22.0. The SMILES string of the molecule is CCCC#CCCOC(=O)CCCCCCCBr.O=C(O)CCCCCCCBr. The van der Waals surface area contributed by atoms with Crippen molar-refractivity contribution in [2.75, 3.05) is 17.3 Å². The highest BCUT2D eigenvalue weighted by Gasteiger charge is 2.01. The highest BCUT2D eigenvalue weighted by molar-refractivity contribution is 9.09. The van der Waals surface area contributed by atoms with Crippen LogP contribution < -0.4 is 0 Å². The van der Waals surface area contributed by atoms with Crippen molar-refractivity contribution in [3.05, 3.63) is 0 Å². The Balaban J connectivity index is 0. The van der Waals surface area contributed by atoms with Crippen LogP contribution in [0.25, 0.3) is 0 Å². The van der Waals surface area contributed by atoms with Crippen LogP contribution in [0.1, 0.15) is 103 Å². The summed E-state index contributed by atoms with van der Waals surface area (Å²) in [6.45, 7) is 2.55. The van der Waals surface area contributed by atoms with Crippen LogP contribution in [-0.2, 0) is 14.3 Å². The quantitative estimate of drug-likeness (QED) is 0.0913. The van der Waals surface area contributed by atoms with Gasteiger partial charge in [-0.15, -0.1) is 5.92 Å². The van der Waals surface area contributed by atoms with E-state index in [1.807, 2.05) is 0 Å². The highest BCUT2D eigenvalue weighted by atomic mass is 79.9. The predicted molar refractivity (Wildman–Crippen MR) is 129 cm³/mol. The summed E-state index contributed by atoms with van der Waals surface area (Å²) in [4.78, 5) is 21.4. The summed E-state index contributed by atoms with van der Waals surface area (Å²) in [6.07, 6.45) is 14.8. The lowest BCUT2D eigenvalue weighted by molar-refractivity contribution is -0.143. The number of esters is 1. The number of aliphatic carboxylic acids is 1. The van der Waals surface area contributed by atoms with E-state index in [0.717, 1.165) is 49.2 Å². The second-order valence-electron chi connectivity index (χ2n) is 6.88. The topological polar surface area (TPSA) is 63.6 Å².